The lowest BCUT2D eigenvalue weighted by Gasteiger charge is -2.03. The number of primary amides is 1. The number of nitrogens with one attached hydrogen (secondary N) is 1. The molecule has 1 aromatic rings. The number of halogens is 2. The smallest absolute Gasteiger partial charge is 0.231 e. The molecule has 0 saturated carbocycles. The van der Waals surface area contributed by atoms with E-state index in [1.807, 2.05) is 0 Å². The van der Waals surface area contributed by atoms with Gasteiger partial charge in [0, 0.05) is 13.0 Å². The van der Waals surface area contributed by atoms with E-state index in [9.17, 15) is 9.18 Å². The molecule has 0 heterocycles. The van der Waals surface area contributed by atoms with Crippen LogP contribution in [-0.2, 0) is 4.79 Å². The minimum atomic E-state index is -0.445. The summed E-state index contributed by atoms with van der Waals surface area (Å²) in [5.41, 5.74) is 5.72. The molecule has 0 unspecified atom stereocenters. The molecule has 1 radical (unpaired) electrons. The Bertz CT molecular complexity index is 357. The van der Waals surface area contributed by atoms with Crippen molar-refractivity contribution in [2.45, 2.75) is 0 Å². The SMILES string of the molecule is NC(=O)CNC[CH]c1ccc(F)c(Cl)c1. The van der Waals surface area contributed by atoms with Crippen LogP contribution in [0.15, 0.2) is 18.2 Å². The van der Waals surface area contributed by atoms with Crippen molar-refractivity contribution in [2.24, 2.45) is 5.73 Å². The Labute approximate surface area is 92.4 Å². The first-order chi connectivity index (χ1) is 7.09. The van der Waals surface area contributed by atoms with Crippen LogP contribution in [0.3, 0.4) is 0 Å². The number of hydrogen-bond donors (Lipinski definition) is 2. The van der Waals surface area contributed by atoms with Gasteiger partial charge in [0.05, 0.1) is 11.6 Å². The highest BCUT2D eigenvalue weighted by Gasteiger charge is 2.01. The van der Waals surface area contributed by atoms with E-state index in [0.717, 1.165) is 5.56 Å². The summed E-state index contributed by atoms with van der Waals surface area (Å²) in [6.45, 7) is 0.594. The summed E-state index contributed by atoms with van der Waals surface area (Å²) in [6.07, 6.45) is 1.79. The number of rotatable bonds is 5. The van der Waals surface area contributed by atoms with Crippen molar-refractivity contribution in [1.82, 2.24) is 5.32 Å². The highest BCUT2D eigenvalue weighted by Crippen LogP contribution is 2.16. The lowest BCUT2D eigenvalue weighted by Crippen LogP contribution is -2.29. The van der Waals surface area contributed by atoms with Gasteiger partial charge < -0.3 is 11.1 Å². The summed E-state index contributed by atoms with van der Waals surface area (Å²) in [5.74, 6) is -0.862. The maximum atomic E-state index is 12.8. The van der Waals surface area contributed by atoms with Gasteiger partial charge in [0.1, 0.15) is 5.82 Å². The predicted molar refractivity (Wildman–Crippen MR) is 56.9 cm³/mol. The second kappa shape index (κ2) is 5.68. The average Bonchev–Trinajstić information content (AvgIpc) is 2.18. The molecule has 1 rings (SSSR count). The third kappa shape index (κ3) is 4.27. The second-order valence-electron chi connectivity index (χ2n) is 2.97. The van der Waals surface area contributed by atoms with Crippen LogP contribution in [-0.4, -0.2) is 19.0 Å². The van der Waals surface area contributed by atoms with Gasteiger partial charge in [-0.2, -0.15) is 0 Å². The fraction of sp³-hybridized carbons (Fsp3) is 0.200. The maximum Gasteiger partial charge on any atom is 0.231 e. The number of carbonyl (C=O) groups is 1. The summed E-state index contributed by atoms with van der Waals surface area (Å²) >= 11 is 5.59. The van der Waals surface area contributed by atoms with Crippen LogP contribution in [0.1, 0.15) is 5.56 Å². The molecule has 3 N–H and O–H groups in total. The first-order valence-corrected chi connectivity index (χ1v) is 4.74. The van der Waals surface area contributed by atoms with Crippen molar-refractivity contribution in [1.29, 1.82) is 0 Å². The van der Waals surface area contributed by atoms with Gasteiger partial charge >= 0.3 is 0 Å². The van der Waals surface area contributed by atoms with E-state index in [2.05, 4.69) is 5.32 Å². The van der Waals surface area contributed by atoms with Gasteiger partial charge in [-0.3, -0.25) is 4.79 Å². The van der Waals surface area contributed by atoms with Crippen LogP contribution in [0.4, 0.5) is 4.39 Å². The van der Waals surface area contributed by atoms with Crippen molar-refractivity contribution in [3.05, 3.63) is 41.0 Å². The zero-order chi connectivity index (χ0) is 11.3. The van der Waals surface area contributed by atoms with Crippen LogP contribution in [0, 0.1) is 12.2 Å². The fourth-order valence-electron chi connectivity index (χ4n) is 1.02. The Morgan fingerprint density at radius 3 is 2.93 bits per heavy atom. The highest BCUT2D eigenvalue weighted by atomic mass is 35.5. The maximum absolute atomic E-state index is 12.8. The zero-order valence-corrected chi connectivity index (χ0v) is 8.72. The number of benzene rings is 1. The predicted octanol–water partition coefficient (Wildman–Crippen LogP) is 1.11. The van der Waals surface area contributed by atoms with E-state index in [1.54, 1.807) is 12.5 Å². The number of nitrogens with two attached hydrogens (primary N) is 1. The fourth-order valence-corrected chi connectivity index (χ4v) is 1.21. The van der Waals surface area contributed by atoms with Gasteiger partial charge in [0.25, 0.3) is 0 Å². The van der Waals surface area contributed by atoms with Gasteiger partial charge in [-0.15, -0.1) is 0 Å². The standard InChI is InChI=1S/C10H11ClFN2O/c11-8-5-7(1-2-9(8)12)3-4-14-6-10(13)15/h1-3,5,14H,4,6H2,(H2,13,15). The molecule has 3 nitrogen and oxygen atoms in total. The largest absolute Gasteiger partial charge is 0.369 e. The third-order valence-corrected chi connectivity index (χ3v) is 2.01. The normalized spacial score (nSPS) is 10.3. The second-order valence-corrected chi connectivity index (χ2v) is 3.38. The molecule has 0 spiro atoms. The van der Waals surface area contributed by atoms with E-state index < -0.39 is 11.7 Å². The van der Waals surface area contributed by atoms with E-state index in [1.165, 1.54) is 12.1 Å². The van der Waals surface area contributed by atoms with Crippen LogP contribution < -0.4 is 11.1 Å². The van der Waals surface area contributed by atoms with Gasteiger partial charge in [-0.25, -0.2) is 4.39 Å². The summed E-state index contributed by atoms with van der Waals surface area (Å²) in [5, 5.41) is 2.88. The molecule has 5 heteroatoms. The summed E-state index contributed by atoms with van der Waals surface area (Å²) in [6, 6.07) is 4.41. The molecule has 81 valence electrons. The van der Waals surface area contributed by atoms with Crippen molar-refractivity contribution in [3.8, 4) is 0 Å². The molecule has 0 aliphatic carbocycles. The van der Waals surface area contributed by atoms with Gasteiger partial charge in [-0.1, -0.05) is 17.7 Å². The monoisotopic (exact) mass is 229 g/mol. The highest BCUT2D eigenvalue weighted by molar-refractivity contribution is 6.30. The molecular weight excluding hydrogens is 219 g/mol. The molecule has 0 fully saturated rings. The summed E-state index contributed by atoms with van der Waals surface area (Å²) in [4.78, 5) is 10.4. The summed E-state index contributed by atoms with van der Waals surface area (Å²) in [7, 11) is 0. The molecule has 0 saturated heterocycles. The summed E-state index contributed by atoms with van der Waals surface area (Å²) < 4.78 is 12.8. The topological polar surface area (TPSA) is 55.1 Å². The minimum absolute atomic E-state index is 0.0821. The van der Waals surface area contributed by atoms with E-state index in [0.29, 0.717) is 6.54 Å². The van der Waals surface area contributed by atoms with Crippen molar-refractivity contribution < 1.29 is 9.18 Å². The number of hydrogen-bond acceptors (Lipinski definition) is 2. The molecule has 15 heavy (non-hydrogen) atoms. The molecule has 0 aliphatic heterocycles. The molecular formula is C10H11ClFN2O. The lowest BCUT2D eigenvalue weighted by molar-refractivity contribution is -0.117. The van der Waals surface area contributed by atoms with E-state index in [4.69, 9.17) is 17.3 Å². The Morgan fingerprint density at radius 1 is 1.60 bits per heavy atom. The first kappa shape index (κ1) is 11.9. The van der Waals surface area contributed by atoms with Gasteiger partial charge in [-0.05, 0) is 17.7 Å². The first-order valence-electron chi connectivity index (χ1n) is 4.37. The quantitative estimate of drug-likeness (QED) is 0.743. The van der Waals surface area contributed by atoms with Crippen LogP contribution in [0.5, 0.6) is 0 Å². The van der Waals surface area contributed by atoms with Crippen molar-refractivity contribution >= 4 is 17.5 Å². The van der Waals surface area contributed by atoms with E-state index in [-0.39, 0.29) is 11.6 Å². The third-order valence-electron chi connectivity index (χ3n) is 1.72. The Kier molecular flexibility index (Phi) is 4.52. The van der Waals surface area contributed by atoms with Crippen molar-refractivity contribution in [2.75, 3.05) is 13.1 Å². The Morgan fingerprint density at radius 2 is 2.33 bits per heavy atom. The minimum Gasteiger partial charge on any atom is -0.369 e. The molecule has 0 aliphatic rings. The van der Waals surface area contributed by atoms with Crippen LogP contribution in [0.25, 0.3) is 0 Å². The van der Waals surface area contributed by atoms with E-state index >= 15 is 0 Å². The van der Waals surface area contributed by atoms with Gasteiger partial charge in [0.2, 0.25) is 5.91 Å². The molecule has 1 amide bonds. The van der Waals surface area contributed by atoms with Crippen LogP contribution >= 0.6 is 11.6 Å². The number of carbonyl (C=O) groups excluding carboxylic acids is 1. The molecule has 1 aromatic carbocycles. The zero-order valence-electron chi connectivity index (χ0n) is 7.97. The Balaban J connectivity index is 2.38. The molecule has 0 atom stereocenters. The van der Waals surface area contributed by atoms with Crippen molar-refractivity contribution in [3.63, 3.8) is 0 Å². The molecule has 0 bridgehead atoms. The number of amides is 1. The van der Waals surface area contributed by atoms with Crippen LogP contribution in [0.2, 0.25) is 5.02 Å². The Hall–Kier alpha value is -1.13. The van der Waals surface area contributed by atoms with Gasteiger partial charge in [0.15, 0.2) is 0 Å². The molecule has 0 aromatic heterocycles. The lowest BCUT2D eigenvalue weighted by atomic mass is 10.1. The average molecular weight is 230 g/mol.